The van der Waals surface area contributed by atoms with Crippen LogP contribution in [0.1, 0.15) is 30.2 Å². The summed E-state index contributed by atoms with van der Waals surface area (Å²) in [6.45, 7) is 4.53. The molecule has 1 amide bonds. The van der Waals surface area contributed by atoms with Gasteiger partial charge in [0, 0.05) is 28.7 Å². The minimum Gasteiger partial charge on any atom is -0.340 e. The number of benzene rings is 2. The third-order valence-electron chi connectivity index (χ3n) is 5.62. The molecule has 0 saturated heterocycles. The van der Waals surface area contributed by atoms with Crippen LogP contribution in [0.15, 0.2) is 64.2 Å². The summed E-state index contributed by atoms with van der Waals surface area (Å²) < 4.78 is 15.5. The molecular formula is C24H20FN5OS. The molecule has 160 valence electrons. The van der Waals surface area contributed by atoms with Gasteiger partial charge >= 0.3 is 0 Å². The average Bonchev–Trinajstić information content (AvgIpc) is 3.32. The lowest BCUT2D eigenvalue weighted by Crippen LogP contribution is -2.35. The van der Waals surface area contributed by atoms with Gasteiger partial charge in [-0.15, -0.1) is 0 Å². The van der Waals surface area contributed by atoms with E-state index in [2.05, 4.69) is 14.7 Å². The highest BCUT2D eigenvalue weighted by Gasteiger charge is 2.35. The Bertz CT molecular complexity index is 1370. The second-order valence-electron chi connectivity index (χ2n) is 7.60. The van der Waals surface area contributed by atoms with E-state index in [1.54, 1.807) is 18.2 Å². The molecule has 32 heavy (non-hydrogen) atoms. The molecule has 2 aromatic carbocycles. The van der Waals surface area contributed by atoms with Crippen LogP contribution in [0.5, 0.6) is 0 Å². The van der Waals surface area contributed by atoms with Gasteiger partial charge in [-0.05, 0) is 54.9 Å². The van der Waals surface area contributed by atoms with Crippen molar-refractivity contribution in [3.05, 3.63) is 76.7 Å². The van der Waals surface area contributed by atoms with Crippen molar-refractivity contribution in [3.8, 4) is 0 Å². The fraction of sp³-hybridized carbons (Fsp3) is 0.167. The lowest BCUT2D eigenvalue weighted by molar-refractivity contribution is -0.114. The molecule has 0 atom stereocenters. The number of hydrogen-bond acceptors (Lipinski definition) is 4. The second-order valence-corrected chi connectivity index (χ2v) is 8.64. The van der Waals surface area contributed by atoms with Crippen LogP contribution in [-0.4, -0.2) is 31.5 Å². The van der Waals surface area contributed by atoms with Crippen LogP contribution in [0.25, 0.3) is 17.0 Å². The number of rotatable bonds is 4. The maximum absolute atomic E-state index is 13.3. The highest BCUT2D eigenvalue weighted by atomic mass is 32.2. The first kappa shape index (κ1) is 20.4. The van der Waals surface area contributed by atoms with Gasteiger partial charge in [-0.25, -0.2) is 4.39 Å². The number of nitrogens with one attached hydrogen (secondary N) is 1. The van der Waals surface area contributed by atoms with Crippen molar-refractivity contribution in [3.63, 3.8) is 0 Å². The SMILES string of the molecule is CCC1=NN2C(=N)/C(=C/c3c(C)n(Cc4ccc(F)cc4)c4ccccc34)C(=O)N=C2S1. The second kappa shape index (κ2) is 7.87. The fourth-order valence-corrected chi connectivity index (χ4v) is 4.76. The molecule has 3 aromatic rings. The number of amides is 1. The first-order chi connectivity index (χ1) is 15.5. The Balaban J connectivity index is 1.61. The predicted octanol–water partition coefficient (Wildman–Crippen LogP) is 5.17. The maximum Gasteiger partial charge on any atom is 0.283 e. The van der Waals surface area contributed by atoms with Crippen molar-refractivity contribution < 1.29 is 9.18 Å². The Labute approximate surface area is 188 Å². The van der Waals surface area contributed by atoms with E-state index in [1.165, 1.54) is 28.9 Å². The van der Waals surface area contributed by atoms with E-state index >= 15 is 0 Å². The van der Waals surface area contributed by atoms with Crippen LogP contribution in [0.2, 0.25) is 0 Å². The molecule has 5 rings (SSSR count). The summed E-state index contributed by atoms with van der Waals surface area (Å²) in [6, 6.07) is 14.4. The van der Waals surface area contributed by atoms with E-state index in [9.17, 15) is 9.18 Å². The number of carbonyl (C=O) groups excluding carboxylic acids is 1. The van der Waals surface area contributed by atoms with E-state index in [0.717, 1.165) is 39.2 Å². The topological polar surface area (TPSA) is 73.8 Å². The summed E-state index contributed by atoms with van der Waals surface area (Å²) in [5.74, 6) is -0.668. The van der Waals surface area contributed by atoms with Gasteiger partial charge in [0.05, 0.1) is 5.57 Å². The quantitative estimate of drug-likeness (QED) is 0.563. The Morgan fingerprint density at radius 2 is 1.91 bits per heavy atom. The molecule has 0 fully saturated rings. The summed E-state index contributed by atoms with van der Waals surface area (Å²) >= 11 is 1.33. The van der Waals surface area contributed by atoms with Crippen LogP contribution in [0.4, 0.5) is 4.39 Å². The number of carbonyl (C=O) groups is 1. The monoisotopic (exact) mass is 445 g/mol. The number of thioether (sulfide) groups is 1. The average molecular weight is 446 g/mol. The van der Waals surface area contributed by atoms with Gasteiger partial charge in [-0.1, -0.05) is 37.3 Å². The van der Waals surface area contributed by atoms with Crippen LogP contribution < -0.4 is 0 Å². The van der Waals surface area contributed by atoms with Crippen LogP contribution in [0, 0.1) is 18.2 Å². The molecule has 0 radical (unpaired) electrons. The van der Waals surface area contributed by atoms with Gasteiger partial charge in [-0.3, -0.25) is 10.2 Å². The molecule has 2 aliphatic heterocycles. The Morgan fingerprint density at radius 3 is 2.66 bits per heavy atom. The number of amidine groups is 2. The van der Waals surface area contributed by atoms with Gasteiger partial charge in [0.25, 0.3) is 5.91 Å². The van der Waals surface area contributed by atoms with Gasteiger partial charge in [0.15, 0.2) is 5.84 Å². The minimum absolute atomic E-state index is 0.0331. The number of aromatic nitrogens is 1. The van der Waals surface area contributed by atoms with Crippen molar-refractivity contribution in [2.75, 3.05) is 0 Å². The van der Waals surface area contributed by atoms with E-state index < -0.39 is 5.91 Å². The molecular weight excluding hydrogens is 425 g/mol. The fourth-order valence-electron chi connectivity index (χ4n) is 3.94. The molecule has 1 aromatic heterocycles. The Morgan fingerprint density at radius 1 is 1.16 bits per heavy atom. The van der Waals surface area contributed by atoms with Crippen molar-refractivity contribution in [2.24, 2.45) is 10.1 Å². The largest absolute Gasteiger partial charge is 0.340 e. The lowest BCUT2D eigenvalue weighted by Gasteiger charge is -2.20. The standard InChI is InChI=1S/C24H20FN5OS/c1-3-21-28-30-22(26)19(23(31)27-24(30)32-21)12-18-14(2)29(20-7-5-4-6-17(18)20)13-15-8-10-16(25)11-9-15/h4-12,26H,3,13H2,1-2H3/b19-12-,26-22?. The van der Waals surface area contributed by atoms with Gasteiger partial charge in [0.1, 0.15) is 10.9 Å². The number of fused-ring (bicyclic) bond motifs is 2. The van der Waals surface area contributed by atoms with Crippen LogP contribution >= 0.6 is 11.8 Å². The zero-order chi connectivity index (χ0) is 22.4. The summed E-state index contributed by atoms with van der Waals surface area (Å²) in [5.41, 5.74) is 4.00. The van der Waals surface area contributed by atoms with Gasteiger partial charge in [-0.2, -0.15) is 15.1 Å². The first-order valence-corrected chi connectivity index (χ1v) is 11.1. The van der Waals surface area contributed by atoms with Crippen LogP contribution in [0.3, 0.4) is 0 Å². The molecule has 6 nitrogen and oxygen atoms in total. The predicted molar refractivity (Wildman–Crippen MR) is 127 cm³/mol. The molecule has 2 aliphatic rings. The number of halogens is 1. The Hall–Kier alpha value is -3.52. The molecule has 0 unspecified atom stereocenters. The van der Waals surface area contributed by atoms with Crippen molar-refractivity contribution in [1.82, 2.24) is 9.58 Å². The highest BCUT2D eigenvalue weighted by Crippen LogP contribution is 2.32. The molecule has 0 bridgehead atoms. The summed E-state index contributed by atoms with van der Waals surface area (Å²) in [6.07, 6.45) is 2.46. The molecule has 0 spiro atoms. The molecule has 8 heteroatoms. The van der Waals surface area contributed by atoms with Gasteiger partial charge in [0.2, 0.25) is 5.17 Å². The van der Waals surface area contributed by atoms with Crippen LogP contribution in [-0.2, 0) is 11.3 Å². The summed E-state index contributed by atoms with van der Waals surface area (Å²) in [5, 5.41) is 16.7. The molecule has 0 saturated carbocycles. The van der Waals surface area contributed by atoms with Gasteiger partial charge < -0.3 is 4.57 Å². The molecule has 1 N–H and O–H groups in total. The van der Waals surface area contributed by atoms with Crippen molar-refractivity contribution in [2.45, 2.75) is 26.8 Å². The number of para-hydroxylation sites is 1. The van der Waals surface area contributed by atoms with E-state index in [1.807, 2.05) is 38.1 Å². The van der Waals surface area contributed by atoms with Crippen molar-refractivity contribution in [1.29, 1.82) is 5.41 Å². The highest BCUT2D eigenvalue weighted by molar-refractivity contribution is 8.26. The smallest absolute Gasteiger partial charge is 0.283 e. The van der Waals surface area contributed by atoms with Crippen molar-refractivity contribution >= 4 is 50.7 Å². The number of nitrogens with zero attached hydrogens (tertiary/aromatic N) is 4. The number of hydrazone groups is 1. The third kappa shape index (κ3) is 3.36. The summed E-state index contributed by atoms with van der Waals surface area (Å²) in [7, 11) is 0. The summed E-state index contributed by atoms with van der Waals surface area (Å²) in [4.78, 5) is 17.0. The molecule has 3 heterocycles. The lowest BCUT2D eigenvalue weighted by atomic mass is 10.1. The zero-order valence-electron chi connectivity index (χ0n) is 17.6. The maximum atomic E-state index is 13.3. The first-order valence-electron chi connectivity index (χ1n) is 10.3. The molecule has 0 aliphatic carbocycles. The normalized spacial score (nSPS) is 17.2. The van der Waals surface area contributed by atoms with E-state index in [-0.39, 0.29) is 17.2 Å². The van der Waals surface area contributed by atoms with E-state index in [4.69, 9.17) is 5.41 Å². The van der Waals surface area contributed by atoms with E-state index in [0.29, 0.717) is 11.7 Å². The number of aliphatic imine (C=N–C) groups is 1. The minimum atomic E-state index is -0.434. The third-order valence-corrected chi connectivity index (χ3v) is 6.67. The number of hydrogen-bond donors (Lipinski definition) is 1. The zero-order valence-corrected chi connectivity index (χ0v) is 18.4. The Kier molecular flexibility index (Phi) is 5.01.